The number of rotatable bonds is 8. The van der Waals surface area contributed by atoms with E-state index in [4.69, 9.17) is 14.6 Å². The summed E-state index contributed by atoms with van der Waals surface area (Å²) in [5.74, 6) is 1.30. The van der Waals surface area contributed by atoms with Gasteiger partial charge in [-0.2, -0.15) is 5.10 Å². The Morgan fingerprint density at radius 2 is 1.76 bits per heavy atom. The van der Waals surface area contributed by atoms with Gasteiger partial charge >= 0.3 is 0 Å². The van der Waals surface area contributed by atoms with Gasteiger partial charge in [0.05, 0.1) is 25.6 Å². The predicted octanol–water partition coefficient (Wildman–Crippen LogP) is 2.85. The smallest absolute Gasteiger partial charge is 0.270 e. The highest BCUT2D eigenvalue weighted by Crippen LogP contribution is 2.25. The SMILES string of the molecule is COc1ccc(-n2nc(-c3cccc(OC)c3)cc2C(=O)NCCN(C)C)cc1. The van der Waals surface area contributed by atoms with Gasteiger partial charge in [-0.05, 0) is 56.6 Å². The molecule has 0 aliphatic heterocycles. The lowest BCUT2D eigenvalue weighted by Gasteiger charge is -2.11. The van der Waals surface area contributed by atoms with Crippen LogP contribution < -0.4 is 14.8 Å². The number of ether oxygens (including phenoxy) is 2. The summed E-state index contributed by atoms with van der Waals surface area (Å²) in [6.45, 7) is 1.30. The van der Waals surface area contributed by atoms with Gasteiger partial charge in [-0.1, -0.05) is 12.1 Å². The standard InChI is InChI=1S/C22H26N4O3/c1-25(2)13-12-23-22(27)21-15-20(16-6-5-7-19(14-16)29-4)24-26(21)17-8-10-18(28-3)11-9-17/h5-11,14-15H,12-13H2,1-4H3,(H,23,27). The summed E-state index contributed by atoms with van der Waals surface area (Å²) in [4.78, 5) is 14.9. The van der Waals surface area contributed by atoms with Crippen LogP contribution in [-0.4, -0.2) is 62.0 Å². The summed E-state index contributed by atoms with van der Waals surface area (Å²) >= 11 is 0. The second-order valence-corrected chi connectivity index (χ2v) is 6.82. The largest absolute Gasteiger partial charge is 0.497 e. The van der Waals surface area contributed by atoms with Crippen LogP contribution in [0.5, 0.6) is 11.5 Å². The van der Waals surface area contributed by atoms with Crippen LogP contribution >= 0.6 is 0 Å². The van der Waals surface area contributed by atoms with Gasteiger partial charge in [0.1, 0.15) is 17.2 Å². The lowest BCUT2D eigenvalue weighted by atomic mass is 10.1. The van der Waals surface area contributed by atoms with E-state index in [1.54, 1.807) is 25.0 Å². The normalized spacial score (nSPS) is 10.8. The van der Waals surface area contributed by atoms with Crippen LogP contribution in [0, 0.1) is 0 Å². The molecule has 29 heavy (non-hydrogen) atoms. The maximum Gasteiger partial charge on any atom is 0.270 e. The molecule has 3 aromatic rings. The highest BCUT2D eigenvalue weighted by atomic mass is 16.5. The van der Waals surface area contributed by atoms with E-state index in [9.17, 15) is 4.79 Å². The van der Waals surface area contributed by atoms with Crippen LogP contribution in [0.25, 0.3) is 16.9 Å². The molecule has 0 saturated carbocycles. The molecule has 7 heteroatoms. The quantitative estimate of drug-likeness (QED) is 0.636. The molecule has 0 atom stereocenters. The number of hydrogen-bond acceptors (Lipinski definition) is 5. The molecule has 0 saturated heterocycles. The minimum Gasteiger partial charge on any atom is -0.497 e. The fraction of sp³-hybridized carbons (Fsp3) is 0.273. The van der Waals surface area contributed by atoms with Crippen molar-refractivity contribution in [2.75, 3.05) is 41.4 Å². The Kier molecular flexibility index (Phi) is 6.51. The Labute approximate surface area is 170 Å². The molecule has 0 spiro atoms. The van der Waals surface area contributed by atoms with Crippen molar-refractivity contribution in [3.05, 3.63) is 60.3 Å². The summed E-state index contributed by atoms with van der Waals surface area (Å²) < 4.78 is 12.2. The minimum atomic E-state index is -0.177. The number of aromatic nitrogens is 2. The number of nitrogens with zero attached hydrogens (tertiary/aromatic N) is 3. The second kappa shape index (κ2) is 9.25. The summed E-state index contributed by atoms with van der Waals surface area (Å²) in [6.07, 6.45) is 0. The van der Waals surface area contributed by atoms with Crippen molar-refractivity contribution < 1.29 is 14.3 Å². The molecular formula is C22H26N4O3. The van der Waals surface area contributed by atoms with Crippen LogP contribution in [0.3, 0.4) is 0 Å². The van der Waals surface area contributed by atoms with Gasteiger partial charge in [-0.3, -0.25) is 4.79 Å². The molecule has 0 radical (unpaired) electrons. The van der Waals surface area contributed by atoms with Crippen molar-refractivity contribution >= 4 is 5.91 Å². The number of benzene rings is 2. The maximum atomic E-state index is 12.9. The average molecular weight is 394 g/mol. The Morgan fingerprint density at radius 3 is 2.41 bits per heavy atom. The summed E-state index contributed by atoms with van der Waals surface area (Å²) in [5.41, 5.74) is 2.81. The van der Waals surface area contributed by atoms with E-state index < -0.39 is 0 Å². The van der Waals surface area contributed by atoms with Gasteiger partial charge in [-0.15, -0.1) is 0 Å². The van der Waals surface area contributed by atoms with Gasteiger partial charge in [0.2, 0.25) is 0 Å². The van der Waals surface area contributed by atoms with E-state index in [0.717, 1.165) is 29.3 Å². The summed E-state index contributed by atoms with van der Waals surface area (Å²) in [7, 11) is 7.18. The molecule has 1 heterocycles. The molecule has 1 amide bonds. The molecule has 3 rings (SSSR count). The van der Waals surface area contributed by atoms with Crippen LogP contribution in [0.15, 0.2) is 54.6 Å². The highest BCUT2D eigenvalue weighted by Gasteiger charge is 2.18. The van der Waals surface area contributed by atoms with Gasteiger partial charge in [0.15, 0.2) is 0 Å². The van der Waals surface area contributed by atoms with E-state index in [1.807, 2.05) is 67.5 Å². The third-order valence-corrected chi connectivity index (χ3v) is 4.47. The van der Waals surface area contributed by atoms with Gasteiger partial charge in [0.25, 0.3) is 5.91 Å². The van der Waals surface area contributed by atoms with Gasteiger partial charge < -0.3 is 19.7 Å². The third-order valence-electron chi connectivity index (χ3n) is 4.47. The molecule has 2 aromatic carbocycles. The topological polar surface area (TPSA) is 68.6 Å². The molecule has 0 aliphatic rings. The van der Waals surface area contributed by atoms with Crippen LogP contribution in [0.2, 0.25) is 0 Å². The highest BCUT2D eigenvalue weighted by molar-refractivity contribution is 5.94. The number of hydrogen-bond donors (Lipinski definition) is 1. The Morgan fingerprint density at radius 1 is 1.03 bits per heavy atom. The number of methoxy groups -OCH3 is 2. The first kappa shape index (κ1) is 20.4. The number of carbonyl (C=O) groups excluding carboxylic acids is 1. The molecule has 0 bridgehead atoms. The van der Waals surface area contributed by atoms with Crippen molar-refractivity contribution in [1.29, 1.82) is 0 Å². The molecule has 0 unspecified atom stereocenters. The molecule has 0 fully saturated rings. The molecule has 152 valence electrons. The van der Waals surface area contributed by atoms with E-state index in [2.05, 4.69) is 5.32 Å². The van der Waals surface area contributed by atoms with Crippen molar-refractivity contribution in [1.82, 2.24) is 20.0 Å². The Hall–Kier alpha value is -3.32. The lowest BCUT2D eigenvalue weighted by molar-refractivity contribution is 0.0943. The first-order valence-electron chi connectivity index (χ1n) is 9.33. The first-order valence-corrected chi connectivity index (χ1v) is 9.33. The van der Waals surface area contributed by atoms with Crippen LogP contribution in [0.1, 0.15) is 10.5 Å². The fourth-order valence-electron chi connectivity index (χ4n) is 2.87. The lowest BCUT2D eigenvalue weighted by Crippen LogP contribution is -2.32. The van der Waals surface area contributed by atoms with E-state index >= 15 is 0 Å². The Balaban J connectivity index is 1.99. The fourth-order valence-corrected chi connectivity index (χ4v) is 2.87. The monoisotopic (exact) mass is 394 g/mol. The van der Waals surface area contributed by atoms with Gasteiger partial charge in [0, 0.05) is 18.7 Å². The van der Waals surface area contributed by atoms with Crippen molar-refractivity contribution in [3.63, 3.8) is 0 Å². The molecule has 0 aliphatic carbocycles. The molecule has 7 nitrogen and oxygen atoms in total. The minimum absolute atomic E-state index is 0.177. The van der Waals surface area contributed by atoms with Crippen LogP contribution in [0.4, 0.5) is 0 Å². The zero-order chi connectivity index (χ0) is 20.8. The second-order valence-electron chi connectivity index (χ2n) is 6.82. The number of likely N-dealkylation sites (N-methyl/N-ethyl adjacent to an activating group) is 1. The summed E-state index contributed by atoms with van der Waals surface area (Å²) in [5, 5.41) is 7.65. The number of amides is 1. The average Bonchev–Trinajstić information content (AvgIpc) is 3.19. The number of carbonyl (C=O) groups is 1. The summed E-state index contributed by atoms with van der Waals surface area (Å²) in [6, 6.07) is 16.8. The molecular weight excluding hydrogens is 368 g/mol. The van der Waals surface area contributed by atoms with E-state index in [-0.39, 0.29) is 5.91 Å². The maximum absolute atomic E-state index is 12.9. The zero-order valence-corrected chi connectivity index (χ0v) is 17.2. The number of nitrogens with one attached hydrogen (secondary N) is 1. The molecule has 1 N–H and O–H groups in total. The van der Waals surface area contributed by atoms with E-state index in [1.165, 1.54) is 0 Å². The van der Waals surface area contributed by atoms with E-state index in [0.29, 0.717) is 17.9 Å². The Bertz CT molecular complexity index is 964. The van der Waals surface area contributed by atoms with Gasteiger partial charge in [-0.25, -0.2) is 4.68 Å². The van der Waals surface area contributed by atoms with Crippen molar-refractivity contribution in [2.24, 2.45) is 0 Å². The zero-order valence-electron chi connectivity index (χ0n) is 17.2. The first-order chi connectivity index (χ1) is 14.0. The van der Waals surface area contributed by atoms with Crippen molar-refractivity contribution in [3.8, 4) is 28.4 Å². The third kappa shape index (κ3) is 4.94. The van der Waals surface area contributed by atoms with Crippen molar-refractivity contribution in [2.45, 2.75) is 0 Å². The van der Waals surface area contributed by atoms with Crippen LogP contribution in [-0.2, 0) is 0 Å². The molecule has 1 aromatic heterocycles. The predicted molar refractivity (Wildman–Crippen MR) is 113 cm³/mol.